The Morgan fingerprint density at radius 1 is 1.22 bits per heavy atom. The Hall–Kier alpha value is -3.04. The molecular formula is C23H27N3O5S. The molecule has 2 aliphatic rings. The van der Waals surface area contributed by atoms with Crippen molar-refractivity contribution < 1.29 is 23.8 Å². The van der Waals surface area contributed by atoms with E-state index in [4.69, 9.17) is 14.2 Å². The molecule has 170 valence electrons. The molecule has 0 unspecified atom stereocenters. The smallest absolute Gasteiger partial charge is 0.338 e. The molecule has 2 aromatic rings. The van der Waals surface area contributed by atoms with Crippen molar-refractivity contribution in [3.63, 3.8) is 0 Å². The molecule has 9 heteroatoms. The number of urea groups is 1. The summed E-state index contributed by atoms with van der Waals surface area (Å²) in [4.78, 5) is 28.4. The van der Waals surface area contributed by atoms with Crippen molar-refractivity contribution in [3.05, 3.63) is 56.9 Å². The van der Waals surface area contributed by atoms with E-state index in [2.05, 4.69) is 15.5 Å². The largest absolute Gasteiger partial charge is 0.493 e. The van der Waals surface area contributed by atoms with Crippen molar-refractivity contribution in [2.75, 3.05) is 33.9 Å². The van der Waals surface area contributed by atoms with Crippen molar-refractivity contribution in [2.45, 2.75) is 25.9 Å². The van der Waals surface area contributed by atoms with Crippen molar-refractivity contribution in [1.29, 1.82) is 0 Å². The molecule has 8 nitrogen and oxygen atoms in total. The van der Waals surface area contributed by atoms with Crippen molar-refractivity contribution in [1.82, 2.24) is 15.5 Å². The van der Waals surface area contributed by atoms with Crippen molar-refractivity contribution in [3.8, 4) is 11.5 Å². The molecule has 2 N–H and O–H groups in total. The van der Waals surface area contributed by atoms with Gasteiger partial charge in [-0.2, -0.15) is 0 Å². The fourth-order valence-electron chi connectivity index (χ4n) is 4.16. The maximum atomic E-state index is 12.9. The summed E-state index contributed by atoms with van der Waals surface area (Å²) < 4.78 is 16.2. The Labute approximate surface area is 191 Å². The lowest BCUT2D eigenvalue weighted by molar-refractivity contribution is -0.139. The molecule has 0 saturated heterocycles. The highest BCUT2D eigenvalue weighted by Gasteiger charge is 2.35. The summed E-state index contributed by atoms with van der Waals surface area (Å²) in [7, 11) is 3.25. The number of esters is 1. The molecule has 4 rings (SSSR count). The molecule has 1 aromatic heterocycles. The number of hydrogen-bond donors (Lipinski definition) is 2. The third kappa shape index (κ3) is 4.44. The summed E-state index contributed by atoms with van der Waals surface area (Å²) in [6, 6.07) is 6.98. The third-order valence-corrected chi connectivity index (χ3v) is 6.59. The van der Waals surface area contributed by atoms with E-state index >= 15 is 0 Å². The lowest BCUT2D eigenvalue weighted by atomic mass is 9.97. The van der Waals surface area contributed by atoms with Crippen LogP contribution in [0.4, 0.5) is 4.79 Å². The predicted octanol–water partition coefficient (Wildman–Crippen LogP) is 2.99. The lowest BCUT2D eigenvalue weighted by Crippen LogP contribution is -2.48. The topological polar surface area (TPSA) is 89.1 Å². The third-order valence-electron chi connectivity index (χ3n) is 5.66. The minimum absolute atomic E-state index is 0.263. The molecule has 1 aromatic carbocycles. The van der Waals surface area contributed by atoms with Crippen LogP contribution >= 0.6 is 11.3 Å². The first-order chi connectivity index (χ1) is 15.5. The van der Waals surface area contributed by atoms with Crippen molar-refractivity contribution in [2.24, 2.45) is 0 Å². The van der Waals surface area contributed by atoms with Gasteiger partial charge in [-0.1, -0.05) is 6.07 Å². The molecule has 0 bridgehead atoms. The highest BCUT2D eigenvalue weighted by Crippen LogP contribution is 2.34. The SMILES string of the molecule is CCOC(=O)C1=C(CN2CCc3cc(OC)c(OC)cc3C2)NC(=O)N[C@@H]1c1cccs1. The van der Waals surface area contributed by atoms with Gasteiger partial charge in [-0.15, -0.1) is 11.3 Å². The van der Waals surface area contributed by atoms with Crippen LogP contribution in [0.2, 0.25) is 0 Å². The number of hydrogen-bond acceptors (Lipinski definition) is 7. The first-order valence-corrected chi connectivity index (χ1v) is 11.4. The molecular weight excluding hydrogens is 430 g/mol. The second-order valence-electron chi connectivity index (χ2n) is 7.60. The first kappa shape index (κ1) is 22.2. The highest BCUT2D eigenvalue weighted by atomic mass is 32.1. The first-order valence-electron chi connectivity index (χ1n) is 10.5. The van der Waals surface area contributed by atoms with Gasteiger partial charge < -0.3 is 24.8 Å². The average molecular weight is 458 g/mol. The van der Waals surface area contributed by atoms with Crippen LogP contribution in [0.5, 0.6) is 11.5 Å². The quantitative estimate of drug-likeness (QED) is 0.622. The van der Waals surface area contributed by atoms with Crippen LogP contribution in [0.15, 0.2) is 40.9 Å². The van der Waals surface area contributed by atoms with E-state index in [1.807, 2.05) is 29.6 Å². The molecule has 3 heterocycles. The van der Waals surface area contributed by atoms with Gasteiger partial charge in [0.05, 0.1) is 32.4 Å². The molecule has 0 spiro atoms. The number of nitrogens with zero attached hydrogens (tertiary/aromatic N) is 1. The van der Waals surface area contributed by atoms with Gasteiger partial charge in [-0.3, -0.25) is 4.90 Å². The van der Waals surface area contributed by atoms with Crippen LogP contribution < -0.4 is 20.1 Å². The van der Waals surface area contributed by atoms with Gasteiger partial charge in [-0.25, -0.2) is 9.59 Å². The minimum Gasteiger partial charge on any atom is -0.493 e. The molecule has 1 atom stereocenters. The Bertz CT molecular complexity index is 1030. The van der Waals surface area contributed by atoms with Crippen molar-refractivity contribution >= 4 is 23.3 Å². The van der Waals surface area contributed by atoms with E-state index in [-0.39, 0.29) is 12.6 Å². The van der Waals surface area contributed by atoms with Gasteiger partial charge in [0, 0.05) is 30.2 Å². The highest BCUT2D eigenvalue weighted by molar-refractivity contribution is 7.10. The summed E-state index contributed by atoms with van der Waals surface area (Å²) >= 11 is 1.49. The number of rotatable bonds is 7. The molecule has 32 heavy (non-hydrogen) atoms. The standard InChI is InChI=1S/C23H27N3O5S/c1-4-31-22(27)20-16(24-23(28)25-21(20)19-6-5-9-32-19)13-26-8-7-14-10-17(29-2)18(30-3)11-15(14)12-26/h5-6,9-11,21H,4,7-8,12-13H2,1-3H3,(H2,24,25,28)/t21-/m1/s1. The number of nitrogens with one attached hydrogen (secondary N) is 2. The zero-order chi connectivity index (χ0) is 22.7. The second-order valence-corrected chi connectivity index (χ2v) is 8.58. The average Bonchev–Trinajstić information content (AvgIpc) is 3.32. The Balaban J connectivity index is 1.64. The van der Waals surface area contributed by atoms with Crippen LogP contribution in [0.3, 0.4) is 0 Å². The van der Waals surface area contributed by atoms with Crippen LogP contribution in [-0.4, -0.2) is 50.8 Å². The summed E-state index contributed by atoms with van der Waals surface area (Å²) in [5, 5.41) is 7.65. The Morgan fingerprint density at radius 2 is 1.97 bits per heavy atom. The van der Waals surface area contributed by atoms with Gasteiger partial charge in [0.1, 0.15) is 0 Å². The van der Waals surface area contributed by atoms with E-state index in [0.29, 0.717) is 30.1 Å². The van der Waals surface area contributed by atoms with Gasteiger partial charge in [-0.05, 0) is 48.1 Å². The summed E-state index contributed by atoms with van der Waals surface area (Å²) in [5.74, 6) is 0.987. The van der Waals surface area contributed by atoms with E-state index in [1.165, 1.54) is 16.9 Å². The summed E-state index contributed by atoms with van der Waals surface area (Å²) in [6.45, 7) is 3.92. The molecule has 0 fully saturated rings. The zero-order valence-corrected chi connectivity index (χ0v) is 19.2. The number of carbonyl (C=O) groups excluding carboxylic acids is 2. The summed E-state index contributed by atoms with van der Waals surface area (Å²) in [6.07, 6.45) is 0.832. The van der Waals surface area contributed by atoms with Crippen LogP contribution in [0.1, 0.15) is 29.0 Å². The molecule has 0 radical (unpaired) electrons. The zero-order valence-electron chi connectivity index (χ0n) is 18.4. The van der Waals surface area contributed by atoms with Crippen LogP contribution in [0, 0.1) is 0 Å². The van der Waals surface area contributed by atoms with Gasteiger partial charge in [0.25, 0.3) is 0 Å². The number of carbonyl (C=O) groups is 2. The number of amides is 2. The fraction of sp³-hybridized carbons (Fsp3) is 0.391. The second kappa shape index (κ2) is 9.62. The molecule has 0 aliphatic carbocycles. The van der Waals surface area contributed by atoms with E-state index < -0.39 is 12.0 Å². The van der Waals surface area contributed by atoms with Crippen LogP contribution in [-0.2, 0) is 22.5 Å². The Kier molecular flexibility index (Phi) is 6.66. The molecule has 2 amide bonds. The number of thiophene rings is 1. The number of fused-ring (bicyclic) bond motifs is 1. The normalized spacial score (nSPS) is 18.5. The maximum Gasteiger partial charge on any atom is 0.338 e. The van der Waals surface area contributed by atoms with Crippen LogP contribution in [0.25, 0.3) is 0 Å². The number of benzene rings is 1. The monoisotopic (exact) mass is 457 g/mol. The Morgan fingerprint density at radius 3 is 2.62 bits per heavy atom. The maximum absolute atomic E-state index is 12.9. The summed E-state index contributed by atoms with van der Waals surface area (Å²) in [5.41, 5.74) is 3.38. The molecule has 0 saturated carbocycles. The van der Waals surface area contributed by atoms with E-state index in [9.17, 15) is 9.59 Å². The molecule has 2 aliphatic heterocycles. The van der Waals surface area contributed by atoms with E-state index in [1.54, 1.807) is 21.1 Å². The lowest BCUT2D eigenvalue weighted by Gasteiger charge is -2.34. The van der Waals surface area contributed by atoms with E-state index in [0.717, 1.165) is 29.2 Å². The predicted molar refractivity (Wildman–Crippen MR) is 121 cm³/mol. The van der Waals surface area contributed by atoms with Gasteiger partial charge >= 0.3 is 12.0 Å². The van der Waals surface area contributed by atoms with Gasteiger partial charge in [0.15, 0.2) is 11.5 Å². The fourth-order valence-corrected chi connectivity index (χ4v) is 4.95. The number of ether oxygens (including phenoxy) is 3. The van der Waals surface area contributed by atoms with Gasteiger partial charge in [0.2, 0.25) is 0 Å². The number of methoxy groups -OCH3 is 2. The minimum atomic E-state index is -0.528.